The summed E-state index contributed by atoms with van der Waals surface area (Å²) in [6.07, 6.45) is -2.76. The number of hydrogen-bond acceptors (Lipinski definition) is 4. The van der Waals surface area contributed by atoms with Gasteiger partial charge in [-0.3, -0.25) is 0 Å². The van der Waals surface area contributed by atoms with Crippen LogP contribution in [0.3, 0.4) is 0 Å². The first-order chi connectivity index (χ1) is 9.49. The average molecular weight is 302 g/mol. The van der Waals surface area contributed by atoms with Gasteiger partial charge in [0.05, 0.1) is 0 Å². The highest BCUT2D eigenvalue weighted by molar-refractivity contribution is 5.58. The van der Waals surface area contributed by atoms with Crippen molar-refractivity contribution in [1.82, 2.24) is 9.97 Å². The summed E-state index contributed by atoms with van der Waals surface area (Å²) in [5, 5.41) is 0. The van der Waals surface area contributed by atoms with Crippen LogP contribution in [-0.2, 0) is 5.41 Å². The van der Waals surface area contributed by atoms with Gasteiger partial charge in [-0.15, -0.1) is 0 Å². The molecule has 0 saturated heterocycles. The lowest BCUT2D eigenvalue weighted by Gasteiger charge is -2.28. The van der Waals surface area contributed by atoms with Crippen LogP contribution in [0.15, 0.2) is 0 Å². The van der Waals surface area contributed by atoms with E-state index in [1.54, 1.807) is 6.92 Å². The lowest BCUT2D eigenvalue weighted by Crippen LogP contribution is -2.37. The monoisotopic (exact) mass is 302 g/mol. The molecule has 0 unspecified atom stereocenters. The summed E-state index contributed by atoms with van der Waals surface area (Å²) in [5.74, 6) is 1.03. The second-order valence-corrected chi connectivity index (χ2v) is 6.61. The zero-order valence-corrected chi connectivity index (χ0v) is 12.8. The van der Waals surface area contributed by atoms with Crippen molar-refractivity contribution in [2.45, 2.75) is 58.2 Å². The van der Waals surface area contributed by atoms with Crippen LogP contribution in [0.5, 0.6) is 0 Å². The van der Waals surface area contributed by atoms with Gasteiger partial charge in [0.25, 0.3) is 0 Å². The Kier molecular flexibility index (Phi) is 3.80. The smallest absolute Gasteiger partial charge is 0.383 e. The summed E-state index contributed by atoms with van der Waals surface area (Å²) in [4.78, 5) is 9.93. The number of alkyl halides is 3. The molecular formula is C14H21F3N4. The summed E-state index contributed by atoms with van der Waals surface area (Å²) < 4.78 is 38.5. The van der Waals surface area contributed by atoms with Crippen molar-refractivity contribution in [2.75, 3.05) is 17.2 Å². The first-order valence-electron chi connectivity index (χ1n) is 6.97. The molecule has 1 aromatic rings. The number of halogens is 3. The van der Waals surface area contributed by atoms with Crippen LogP contribution >= 0.6 is 0 Å². The molecule has 1 aliphatic rings. The molecular weight excluding hydrogens is 281 g/mol. The lowest BCUT2D eigenvalue weighted by molar-refractivity contribution is -0.120. The van der Waals surface area contributed by atoms with Crippen molar-refractivity contribution >= 4 is 11.6 Å². The van der Waals surface area contributed by atoms with E-state index in [1.807, 2.05) is 20.8 Å². The molecule has 1 fully saturated rings. The maximum absolute atomic E-state index is 12.8. The molecule has 2 N–H and O–H groups in total. The predicted molar refractivity (Wildman–Crippen MR) is 76.3 cm³/mol. The first-order valence-corrected chi connectivity index (χ1v) is 6.97. The molecule has 0 bridgehead atoms. The van der Waals surface area contributed by atoms with E-state index in [9.17, 15) is 13.2 Å². The molecule has 4 nitrogen and oxygen atoms in total. The molecule has 2 rings (SSSR count). The predicted octanol–water partition coefficient (Wildman–Crippen LogP) is 3.20. The number of nitrogens with two attached hydrogens (primary N) is 1. The molecule has 7 heteroatoms. The molecule has 21 heavy (non-hydrogen) atoms. The molecule has 1 aliphatic carbocycles. The second kappa shape index (κ2) is 5.03. The van der Waals surface area contributed by atoms with E-state index in [-0.39, 0.29) is 17.3 Å². The Balaban J connectivity index is 2.46. The summed E-state index contributed by atoms with van der Waals surface area (Å²) in [5.41, 5.74) is 6.02. The van der Waals surface area contributed by atoms with Crippen LogP contribution in [0, 0.1) is 6.92 Å². The van der Waals surface area contributed by atoms with Gasteiger partial charge in [0.1, 0.15) is 24.0 Å². The minimum absolute atomic E-state index is 0.104. The number of hydrogen-bond donors (Lipinski definition) is 1. The fourth-order valence-electron chi connectivity index (χ4n) is 2.09. The minimum atomic E-state index is -4.27. The van der Waals surface area contributed by atoms with Gasteiger partial charge in [-0.2, -0.15) is 13.2 Å². The molecule has 0 amide bonds. The molecule has 0 atom stereocenters. The summed E-state index contributed by atoms with van der Waals surface area (Å²) in [6.45, 7) is 6.39. The van der Waals surface area contributed by atoms with Gasteiger partial charge in [-0.25, -0.2) is 9.97 Å². The van der Waals surface area contributed by atoms with Gasteiger partial charge >= 0.3 is 6.18 Å². The normalized spacial score (nSPS) is 16.1. The van der Waals surface area contributed by atoms with Crippen LogP contribution in [0.2, 0.25) is 0 Å². The van der Waals surface area contributed by atoms with Gasteiger partial charge in [-0.1, -0.05) is 20.8 Å². The highest BCUT2D eigenvalue weighted by atomic mass is 19.4. The second-order valence-electron chi connectivity index (χ2n) is 6.61. The summed E-state index contributed by atoms with van der Waals surface area (Å²) in [6, 6.07) is -0.104. The third-order valence-electron chi connectivity index (χ3n) is 3.44. The van der Waals surface area contributed by atoms with E-state index in [4.69, 9.17) is 5.73 Å². The quantitative estimate of drug-likeness (QED) is 0.931. The van der Waals surface area contributed by atoms with Crippen molar-refractivity contribution < 1.29 is 13.2 Å². The van der Waals surface area contributed by atoms with Crippen molar-refractivity contribution in [3.05, 3.63) is 11.4 Å². The molecule has 0 aromatic carbocycles. The summed E-state index contributed by atoms with van der Waals surface area (Å²) in [7, 11) is 0. The maximum atomic E-state index is 12.8. The number of rotatable bonds is 3. The molecule has 1 saturated carbocycles. The van der Waals surface area contributed by atoms with Gasteiger partial charge in [0, 0.05) is 17.0 Å². The fourth-order valence-corrected chi connectivity index (χ4v) is 2.09. The van der Waals surface area contributed by atoms with Crippen molar-refractivity contribution in [3.8, 4) is 0 Å². The van der Waals surface area contributed by atoms with Crippen molar-refractivity contribution in [1.29, 1.82) is 0 Å². The van der Waals surface area contributed by atoms with Crippen LogP contribution < -0.4 is 10.6 Å². The third-order valence-corrected chi connectivity index (χ3v) is 3.44. The Labute approximate surface area is 122 Å². The summed E-state index contributed by atoms with van der Waals surface area (Å²) >= 11 is 0. The highest BCUT2D eigenvalue weighted by Crippen LogP contribution is 2.36. The Morgan fingerprint density at radius 2 is 1.76 bits per heavy atom. The number of anilines is 2. The highest BCUT2D eigenvalue weighted by Gasteiger charge is 2.40. The fraction of sp³-hybridized carbons (Fsp3) is 0.714. The molecule has 1 heterocycles. The maximum Gasteiger partial charge on any atom is 0.405 e. The molecule has 0 aliphatic heterocycles. The van der Waals surface area contributed by atoms with Crippen molar-refractivity contribution in [3.63, 3.8) is 0 Å². The van der Waals surface area contributed by atoms with Crippen LogP contribution in [-0.4, -0.2) is 28.7 Å². The van der Waals surface area contributed by atoms with E-state index in [1.165, 1.54) is 4.90 Å². The van der Waals surface area contributed by atoms with Gasteiger partial charge < -0.3 is 10.6 Å². The Morgan fingerprint density at radius 3 is 2.19 bits per heavy atom. The van der Waals surface area contributed by atoms with Gasteiger partial charge in [-0.05, 0) is 19.8 Å². The minimum Gasteiger partial charge on any atom is -0.383 e. The van der Waals surface area contributed by atoms with Gasteiger partial charge in [0.2, 0.25) is 0 Å². The van der Waals surface area contributed by atoms with Crippen LogP contribution in [0.25, 0.3) is 0 Å². The zero-order valence-electron chi connectivity index (χ0n) is 12.8. The molecule has 118 valence electrons. The Morgan fingerprint density at radius 1 is 1.19 bits per heavy atom. The third kappa shape index (κ3) is 3.77. The Hall–Kier alpha value is -1.53. The van der Waals surface area contributed by atoms with E-state index in [0.29, 0.717) is 17.2 Å². The molecule has 0 spiro atoms. The zero-order chi connectivity index (χ0) is 16.0. The van der Waals surface area contributed by atoms with Crippen LogP contribution in [0.4, 0.5) is 24.8 Å². The number of nitrogen functional groups attached to an aromatic ring is 1. The largest absolute Gasteiger partial charge is 0.405 e. The van der Waals surface area contributed by atoms with E-state index in [2.05, 4.69) is 9.97 Å². The molecule has 1 aromatic heterocycles. The van der Waals surface area contributed by atoms with Crippen LogP contribution in [0.1, 0.15) is 45.0 Å². The molecule has 0 radical (unpaired) electrons. The Bertz CT molecular complexity index is 530. The average Bonchev–Trinajstić information content (AvgIpc) is 3.11. The SMILES string of the molecule is Cc1c(N)nc(C(C)(C)C)nc1N(CC(F)(F)F)C1CC1. The topological polar surface area (TPSA) is 55.0 Å². The first kappa shape index (κ1) is 15.9. The van der Waals surface area contributed by atoms with E-state index in [0.717, 1.165) is 12.8 Å². The van der Waals surface area contributed by atoms with E-state index < -0.39 is 12.7 Å². The number of aromatic nitrogens is 2. The van der Waals surface area contributed by atoms with E-state index >= 15 is 0 Å². The standard InChI is InChI=1S/C14H21F3N4/c1-8-10(18)19-12(13(2,3)4)20-11(8)21(9-5-6-9)7-14(15,16)17/h9H,5-7H2,1-4H3,(H2,18,19,20). The van der Waals surface area contributed by atoms with Gasteiger partial charge in [0.15, 0.2) is 0 Å². The lowest BCUT2D eigenvalue weighted by atomic mass is 9.95. The van der Waals surface area contributed by atoms with Crippen molar-refractivity contribution in [2.24, 2.45) is 0 Å². The number of nitrogens with zero attached hydrogens (tertiary/aromatic N) is 3.